The van der Waals surface area contributed by atoms with Gasteiger partial charge in [-0.1, -0.05) is 36.4 Å². The van der Waals surface area contributed by atoms with Gasteiger partial charge < -0.3 is 15.8 Å². The predicted molar refractivity (Wildman–Crippen MR) is 52.9 cm³/mol. The zero-order chi connectivity index (χ0) is 10.5. The molecule has 4 nitrogen and oxygen atoms in total. The molecule has 5 heteroatoms. The van der Waals surface area contributed by atoms with Crippen LogP contribution < -0.4 is 5.73 Å². The van der Waals surface area contributed by atoms with E-state index in [1.165, 1.54) is 6.92 Å². The number of benzene rings is 1. The van der Waals surface area contributed by atoms with E-state index in [1.807, 2.05) is 36.4 Å². The molecule has 0 bridgehead atoms. The Morgan fingerprint density at radius 2 is 1.15 bits per heavy atom. The summed E-state index contributed by atoms with van der Waals surface area (Å²) in [6.45, 7) is 1.31. The Balaban J connectivity index is 0. The molecule has 0 aromatic heterocycles. The molecule has 1 aromatic carbocycles. The molecule has 0 heterocycles. The number of amides is 1. The molecule has 1 amide bonds. The fraction of sp³-hybridized carbons (Fsp3) is 0.125. The zero-order valence-electron chi connectivity index (χ0n) is 7.55. The van der Waals surface area contributed by atoms with Crippen molar-refractivity contribution in [3.63, 3.8) is 0 Å². The third-order valence-electron chi connectivity index (χ3n) is 0.667. The van der Waals surface area contributed by atoms with E-state index in [0.717, 1.165) is 0 Å². The van der Waals surface area contributed by atoms with Gasteiger partial charge in [-0.2, -0.15) is 0 Å². The van der Waals surface area contributed by atoms with Gasteiger partial charge in [0, 0.05) is 6.92 Å². The maximum absolute atomic E-state index is 9.22. The van der Waals surface area contributed by atoms with E-state index >= 15 is 0 Å². The molecular weight excluding hydrogens is 169 g/mol. The first-order chi connectivity index (χ1) is 6.15. The topological polar surface area (TPSA) is 83.6 Å². The van der Waals surface area contributed by atoms with E-state index in [4.69, 9.17) is 10.0 Å². The molecule has 0 aliphatic carbocycles. The molecule has 0 aliphatic heterocycles. The molecule has 0 radical (unpaired) electrons. The van der Waals surface area contributed by atoms with E-state index in [9.17, 15) is 4.79 Å². The van der Waals surface area contributed by atoms with Crippen LogP contribution >= 0.6 is 0 Å². The molecule has 0 spiro atoms. The van der Waals surface area contributed by atoms with Crippen LogP contribution in [0.2, 0.25) is 0 Å². The minimum atomic E-state index is -0.750. The first-order valence-electron chi connectivity index (χ1n) is 3.63. The van der Waals surface area contributed by atoms with Crippen LogP contribution in [-0.4, -0.2) is 23.6 Å². The number of carbonyl (C=O) groups excluding carboxylic acids is 1. The fourth-order valence-corrected chi connectivity index (χ4v) is 0.385. The molecule has 0 atom stereocenters. The van der Waals surface area contributed by atoms with Crippen molar-refractivity contribution in [3.05, 3.63) is 36.4 Å². The molecule has 13 heavy (non-hydrogen) atoms. The van der Waals surface area contributed by atoms with Crippen molar-refractivity contribution in [3.8, 4) is 0 Å². The van der Waals surface area contributed by atoms with Crippen LogP contribution in [0.1, 0.15) is 6.92 Å². The van der Waals surface area contributed by atoms with Crippen molar-refractivity contribution < 1.29 is 14.8 Å². The SMILES string of the molecule is CC(N)=O.OBO.c1ccccc1. The Morgan fingerprint density at radius 1 is 1.08 bits per heavy atom. The summed E-state index contributed by atoms with van der Waals surface area (Å²) in [6.07, 6.45) is 0. The second-order valence-electron chi connectivity index (χ2n) is 1.91. The summed E-state index contributed by atoms with van der Waals surface area (Å²) in [6, 6.07) is 12.0. The van der Waals surface area contributed by atoms with Crippen molar-refractivity contribution in [2.24, 2.45) is 5.73 Å². The van der Waals surface area contributed by atoms with Crippen LogP contribution in [0, 0.1) is 0 Å². The van der Waals surface area contributed by atoms with Gasteiger partial charge in [0.15, 0.2) is 0 Å². The second kappa shape index (κ2) is 13.3. The van der Waals surface area contributed by atoms with Gasteiger partial charge in [0.25, 0.3) is 0 Å². The highest BCUT2D eigenvalue weighted by Gasteiger charge is 1.61. The average Bonchev–Trinajstić information content (AvgIpc) is 2.08. The summed E-state index contributed by atoms with van der Waals surface area (Å²) in [7, 11) is -0.750. The quantitative estimate of drug-likeness (QED) is 0.470. The maximum Gasteiger partial charge on any atom is 0.432 e. The smallest absolute Gasteiger partial charge is 0.430 e. The monoisotopic (exact) mass is 183 g/mol. The molecule has 72 valence electrons. The maximum atomic E-state index is 9.22. The number of hydrogen-bond acceptors (Lipinski definition) is 3. The van der Waals surface area contributed by atoms with E-state index in [2.05, 4.69) is 5.73 Å². The Labute approximate surface area is 78.3 Å². The largest absolute Gasteiger partial charge is 0.432 e. The molecule has 0 saturated carbocycles. The van der Waals surface area contributed by atoms with Gasteiger partial charge in [-0.05, 0) is 0 Å². The van der Waals surface area contributed by atoms with Crippen LogP contribution in [0.4, 0.5) is 0 Å². The molecule has 4 N–H and O–H groups in total. The summed E-state index contributed by atoms with van der Waals surface area (Å²) >= 11 is 0. The van der Waals surface area contributed by atoms with Crippen molar-refractivity contribution >= 4 is 13.6 Å². The van der Waals surface area contributed by atoms with Crippen molar-refractivity contribution in [1.82, 2.24) is 0 Å². The molecule has 1 aromatic rings. The minimum Gasteiger partial charge on any atom is -0.430 e. The zero-order valence-corrected chi connectivity index (χ0v) is 7.55. The van der Waals surface area contributed by atoms with E-state index < -0.39 is 7.69 Å². The molecule has 0 unspecified atom stereocenters. The lowest BCUT2D eigenvalue weighted by Crippen LogP contribution is -2.01. The van der Waals surface area contributed by atoms with Gasteiger partial charge in [-0.15, -0.1) is 0 Å². The number of nitrogens with two attached hydrogens (primary N) is 1. The number of hydrogen-bond donors (Lipinski definition) is 3. The van der Waals surface area contributed by atoms with Gasteiger partial charge in [-0.3, -0.25) is 4.79 Å². The number of rotatable bonds is 0. The molecule has 1 rings (SSSR count). The lowest BCUT2D eigenvalue weighted by molar-refractivity contribution is -0.115. The van der Waals surface area contributed by atoms with Crippen molar-refractivity contribution in [2.45, 2.75) is 6.92 Å². The first-order valence-corrected chi connectivity index (χ1v) is 3.63. The molecule has 0 saturated heterocycles. The van der Waals surface area contributed by atoms with Crippen LogP contribution in [-0.2, 0) is 4.79 Å². The summed E-state index contributed by atoms with van der Waals surface area (Å²) in [5.74, 6) is -0.333. The minimum absolute atomic E-state index is 0.333. The first kappa shape index (κ1) is 14.2. The standard InChI is InChI=1S/C6H6.C2H5NO.BH3O2/c1-2-4-6-5-3-1;1-2(3)4;2-1-3/h1-6H;1H3,(H2,3,4);1-3H. The third-order valence-corrected chi connectivity index (χ3v) is 0.667. The Hall–Kier alpha value is -1.33. The van der Waals surface area contributed by atoms with Crippen molar-refractivity contribution in [2.75, 3.05) is 0 Å². The summed E-state index contributed by atoms with van der Waals surface area (Å²) in [5.41, 5.74) is 4.47. The summed E-state index contributed by atoms with van der Waals surface area (Å²) < 4.78 is 0. The average molecular weight is 183 g/mol. The van der Waals surface area contributed by atoms with Gasteiger partial charge in [-0.25, -0.2) is 0 Å². The lowest BCUT2D eigenvalue weighted by Gasteiger charge is -1.69. The lowest BCUT2D eigenvalue weighted by atomic mass is 10.4. The van der Waals surface area contributed by atoms with Crippen molar-refractivity contribution in [1.29, 1.82) is 0 Å². The summed E-state index contributed by atoms with van der Waals surface area (Å²) in [4.78, 5) is 9.22. The normalized spacial score (nSPS) is 6.69. The Morgan fingerprint density at radius 3 is 1.23 bits per heavy atom. The van der Waals surface area contributed by atoms with E-state index in [1.54, 1.807) is 0 Å². The van der Waals surface area contributed by atoms with Gasteiger partial charge in [0.05, 0.1) is 0 Å². The molecule has 0 fully saturated rings. The second-order valence-corrected chi connectivity index (χ2v) is 1.91. The van der Waals surface area contributed by atoms with Gasteiger partial charge >= 0.3 is 7.69 Å². The number of carbonyl (C=O) groups is 1. The Bertz CT molecular complexity index is 163. The Kier molecular flexibility index (Phi) is 14.5. The third kappa shape index (κ3) is 36.8. The highest BCUT2D eigenvalue weighted by molar-refractivity contribution is 6.13. The van der Waals surface area contributed by atoms with Gasteiger partial charge in [0.1, 0.15) is 0 Å². The molecule has 0 aliphatic rings. The highest BCUT2D eigenvalue weighted by atomic mass is 16.4. The molecular formula is C8H14BNO3. The van der Waals surface area contributed by atoms with Crippen LogP contribution in [0.5, 0.6) is 0 Å². The van der Waals surface area contributed by atoms with Crippen LogP contribution in [0.25, 0.3) is 0 Å². The van der Waals surface area contributed by atoms with Gasteiger partial charge in [0.2, 0.25) is 5.91 Å². The van der Waals surface area contributed by atoms with E-state index in [-0.39, 0.29) is 5.91 Å². The summed E-state index contributed by atoms with van der Waals surface area (Å²) in [5, 5.41) is 14.2. The predicted octanol–water partition coefficient (Wildman–Crippen LogP) is -0.584. The van der Waals surface area contributed by atoms with Crippen LogP contribution in [0.15, 0.2) is 36.4 Å². The number of primary amides is 1. The van der Waals surface area contributed by atoms with Crippen LogP contribution in [0.3, 0.4) is 0 Å². The fourth-order valence-electron chi connectivity index (χ4n) is 0.385. The highest BCUT2D eigenvalue weighted by Crippen LogP contribution is 1.79. The van der Waals surface area contributed by atoms with E-state index in [0.29, 0.717) is 0 Å².